The van der Waals surface area contributed by atoms with Gasteiger partial charge in [0, 0.05) is 16.1 Å². The van der Waals surface area contributed by atoms with Gasteiger partial charge in [-0.3, -0.25) is 4.79 Å². The first kappa shape index (κ1) is 9.30. The van der Waals surface area contributed by atoms with Crippen molar-refractivity contribution < 1.29 is 4.79 Å². The Kier molecular flexibility index (Phi) is 2.90. The molecule has 0 saturated heterocycles. The summed E-state index contributed by atoms with van der Waals surface area (Å²) in [6, 6.07) is 4.96. The van der Waals surface area contributed by atoms with Gasteiger partial charge in [0.25, 0.3) is 5.24 Å². The maximum Gasteiger partial charge on any atom is 0.253 e. The molecule has 0 atom stereocenters. The molecule has 0 fully saturated rings. The monoisotopic (exact) mass is 200 g/mol. The summed E-state index contributed by atoms with van der Waals surface area (Å²) >= 11 is 11.1. The van der Waals surface area contributed by atoms with Crippen LogP contribution in [-0.4, -0.2) is 5.24 Å². The van der Waals surface area contributed by atoms with Crippen LogP contribution in [0.3, 0.4) is 0 Å². The zero-order valence-corrected chi connectivity index (χ0v) is 7.69. The standard InChI is InChI=1S/C9H6Cl2O/c1-2-6-7(9(11)12)4-3-5-8(6)10/h2-5H,1H2. The van der Waals surface area contributed by atoms with Crippen molar-refractivity contribution in [2.75, 3.05) is 0 Å². The third kappa shape index (κ3) is 1.68. The van der Waals surface area contributed by atoms with Crippen molar-refractivity contribution in [3.8, 4) is 0 Å². The molecule has 0 aliphatic rings. The first-order valence-electron chi connectivity index (χ1n) is 3.27. The molecule has 0 aliphatic heterocycles. The Morgan fingerprint density at radius 2 is 2.17 bits per heavy atom. The van der Waals surface area contributed by atoms with Gasteiger partial charge in [-0.2, -0.15) is 0 Å². The van der Waals surface area contributed by atoms with E-state index in [0.717, 1.165) is 0 Å². The van der Waals surface area contributed by atoms with E-state index in [1.807, 2.05) is 0 Å². The molecule has 0 heterocycles. The van der Waals surface area contributed by atoms with Gasteiger partial charge in [-0.1, -0.05) is 30.3 Å². The first-order chi connectivity index (χ1) is 5.66. The maximum absolute atomic E-state index is 10.8. The molecule has 0 aliphatic carbocycles. The van der Waals surface area contributed by atoms with Crippen LogP contribution in [0.15, 0.2) is 24.8 Å². The highest BCUT2D eigenvalue weighted by Gasteiger charge is 2.08. The predicted octanol–water partition coefficient (Wildman–Crippen LogP) is 3.36. The number of carbonyl (C=O) groups is 1. The summed E-state index contributed by atoms with van der Waals surface area (Å²) in [5.74, 6) is 0. The SMILES string of the molecule is C=Cc1c(Cl)cccc1C(=O)Cl. The Morgan fingerprint density at radius 1 is 1.50 bits per heavy atom. The van der Waals surface area contributed by atoms with Crippen LogP contribution in [0.2, 0.25) is 5.02 Å². The summed E-state index contributed by atoms with van der Waals surface area (Å²) in [5.41, 5.74) is 0.971. The van der Waals surface area contributed by atoms with Gasteiger partial charge in [0.1, 0.15) is 0 Å². The summed E-state index contributed by atoms with van der Waals surface area (Å²) in [5, 5.41) is -0.0381. The van der Waals surface area contributed by atoms with E-state index < -0.39 is 5.24 Å². The molecule has 1 nitrogen and oxygen atoms in total. The van der Waals surface area contributed by atoms with Gasteiger partial charge in [0.2, 0.25) is 0 Å². The van der Waals surface area contributed by atoms with E-state index in [2.05, 4.69) is 6.58 Å². The van der Waals surface area contributed by atoms with Crippen molar-refractivity contribution in [1.82, 2.24) is 0 Å². The molecule has 3 heteroatoms. The quantitative estimate of drug-likeness (QED) is 0.670. The molecule has 62 valence electrons. The highest BCUT2D eigenvalue weighted by molar-refractivity contribution is 6.68. The Morgan fingerprint density at radius 3 is 2.58 bits per heavy atom. The van der Waals surface area contributed by atoms with Gasteiger partial charge in [0.05, 0.1) is 0 Å². The number of rotatable bonds is 2. The van der Waals surface area contributed by atoms with Gasteiger partial charge in [-0.05, 0) is 23.7 Å². The van der Waals surface area contributed by atoms with Gasteiger partial charge < -0.3 is 0 Å². The van der Waals surface area contributed by atoms with Crippen LogP contribution in [0.4, 0.5) is 0 Å². The van der Waals surface area contributed by atoms with Crippen LogP contribution in [-0.2, 0) is 0 Å². The molecular formula is C9H6Cl2O. The number of hydrogen-bond acceptors (Lipinski definition) is 1. The average molecular weight is 201 g/mol. The minimum Gasteiger partial charge on any atom is -0.276 e. The summed E-state index contributed by atoms with van der Waals surface area (Å²) in [6.07, 6.45) is 1.51. The van der Waals surface area contributed by atoms with Gasteiger partial charge in [-0.15, -0.1) is 0 Å². The third-order valence-electron chi connectivity index (χ3n) is 1.47. The summed E-state index contributed by atoms with van der Waals surface area (Å²) in [7, 11) is 0. The molecule has 0 saturated carbocycles. The minimum atomic E-state index is -0.521. The average Bonchev–Trinajstić information content (AvgIpc) is 2.03. The number of hydrogen-bond donors (Lipinski definition) is 0. The number of benzene rings is 1. The molecule has 0 unspecified atom stereocenters. The van der Waals surface area contributed by atoms with Crippen LogP contribution in [0.25, 0.3) is 6.08 Å². The zero-order valence-electron chi connectivity index (χ0n) is 6.18. The lowest BCUT2D eigenvalue weighted by Crippen LogP contribution is -1.92. The first-order valence-corrected chi connectivity index (χ1v) is 4.03. The van der Waals surface area contributed by atoms with Crippen LogP contribution in [0, 0.1) is 0 Å². The topological polar surface area (TPSA) is 17.1 Å². The van der Waals surface area contributed by atoms with Crippen molar-refractivity contribution in [2.24, 2.45) is 0 Å². The van der Waals surface area contributed by atoms with E-state index in [0.29, 0.717) is 16.1 Å². The predicted molar refractivity (Wildman–Crippen MR) is 51.7 cm³/mol. The van der Waals surface area contributed by atoms with Crippen molar-refractivity contribution in [2.45, 2.75) is 0 Å². The molecule has 0 bridgehead atoms. The second-order valence-electron chi connectivity index (χ2n) is 2.18. The molecule has 0 spiro atoms. The van der Waals surface area contributed by atoms with Crippen LogP contribution >= 0.6 is 23.2 Å². The van der Waals surface area contributed by atoms with E-state index in [1.54, 1.807) is 18.2 Å². The van der Waals surface area contributed by atoms with Crippen LogP contribution in [0.5, 0.6) is 0 Å². The molecule has 1 rings (SSSR count). The lowest BCUT2D eigenvalue weighted by molar-refractivity contribution is 0.108. The Labute approximate surface area is 80.6 Å². The van der Waals surface area contributed by atoms with Gasteiger partial charge in [-0.25, -0.2) is 0 Å². The van der Waals surface area contributed by atoms with Gasteiger partial charge >= 0.3 is 0 Å². The fourth-order valence-corrected chi connectivity index (χ4v) is 1.33. The summed E-state index contributed by atoms with van der Waals surface area (Å²) in [6.45, 7) is 3.54. The Bertz CT molecular complexity index is 331. The highest BCUT2D eigenvalue weighted by Crippen LogP contribution is 2.22. The van der Waals surface area contributed by atoms with E-state index >= 15 is 0 Å². The van der Waals surface area contributed by atoms with Crippen molar-refractivity contribution in [3.63, 3.8) is 0 Å². The van der Waals surface area contributed by atoms with E-state index in [-0.39, 0.29) is 0 Å². The largest absolute Gasteiger partial charge is 0.276 e. The fourth-order valence-electron chi connectivity index (χ4n) is 0.916. The van der Waals surface area contributed by atoms with Crippen molar-refractivity contribution in [1.29, 1.82) is 0 Å². The maximum atomic E-state index is 10.8. The molecular weight excluding hydrogens is 195 g/mol. The second-order valence-corrected chi connectivity index (χ2v) is 2.93. The minimum absolute atomic E-state index is 0.388. The van der Waals surface area contributed by atoms with Crippen LogP contribution < -0.4 is 0 Å². The molecule has 0 amide bonds. The molecule has 1 aromatic carbocycles. The highest BCUT2D eigenvalue weighted by atomic mass is 35.5. The molecule has 12 heavy (non-hydrogen) atoms. The van der Waals surface area contributed by atoms with E-state index in [9.17, 15) is 4.79 Å². The van der Waals surface area contributed by atoms with Gasteiger partial charge in [0.15, 0.2) is 0 Å². The van der Waals surface area contributed by atoms with Crippen molar-refractivity contribution in [3.05, 3.63) is 40.9 Å². The molecule has 0 radical (unpaired) electrons. The summed E-state index contributed by atoms with van der Waals surface area (Å²) < 4.78 is 0. The number of halogens is 2. The second kappa shape index (κ2) is 3.74. The normalized spacial score (nSPS) is 9.50. The lowest BCUT2D eigenvalue weighted by atomic mass is 10.1. The van der Waals surface area contributed by atoms with Crippen LogP contribution in [0.1, 0.15) is 15.9 Å². The van der Waals surface area contributed by atoms with E-state index in [4.69, 9.17) is 23.2 Å². The smallest absolute Gasteiger partial charge is 0.253 e. The lowest BCUT2D eigenvalue weighted by Gasteiger charge is -2.01. The molecule has 1 aromatic rings. The summed E-state index contributed by atoms with van der Waals surface area (Å²) in [4.78, 5) is 10.8. The van der Waals surface area contributed by atoms with Crippen molar-refractivity contribution >= 4 is 34.5 Å². The van der Waals surface area contributed by atoms with E-state index in [1.165, 1.54) is 6.08 Å². The zero-order chi connectivity index (χ0) is 9.14. The number of carbonyl (C=O) groups excluding carboxylic acids is 1. The third-order valence-corrected chi connectivity index (χ3v) is 2.00. The Balaban J connectivity index is 3.37. The molecule has 0 N–H and O–H groups in total. The fraction of sp³-hybridized carbons (Fsp3) is 0. The Hall–Kier alpha value is -0.790. The molecule has 0 aromatic heterocycles.